The van der Waals surface area contributed by atoms with Gasteiger partial charge in [-0.1, -0.05) is 6.07 Å². The number of benzene rings is 1. The summed E-state index contributed by atoms with van der Waals surface area (Å²) in [4.78, 5) is 59.2. The van der Waals surface area contributed by atoms with Gasteiger partial charge in [0.1, 0.15) is 16.4 Å². The minimum absolute atomic E-state index is 0.165. The minimum Gasteiger partial charge on any atom is -0.325 e. The lowest BCUT2D eigenvalue weighted by atomic mass is 10.2. The summed E-state index contributed by atoms with van der Waals surface area (Å²) in [6.45, 7) is -0.766. The number of imide groups is 2. The first-order chi connectivity index (χ1) is 13.1. The first-order valence-electron chi connectivity index (χ1n) is 7.34. The summed E-state index contributed by atoms with van der Waals surface area (Å²) >= 11 is 0.850. The van der Waals surface area contributed by atoms with E-state index in [2.05, 4.69) is 5.32 Å². The molecule has 2 N–H and O–H groups in total. The average molecular weight is 431 g/mol. The van der Waals surface area contributed by atoms with Gasteiger partial charge < -0.3 is 5.32 Å². The van der Waals surface area contributed by atoms with Crippen molar-refractivity contribution >= 4 is 57.4 Å². The predicted molar refractivity (Wildman–Crippen MR) is 92.9 cm³/mol. The number of rotatable bonds is 3. The van der Waals surface area contributed by atoms with Crippen LogP contribution in [0.2, 0.25) is 0 Å². The van der Waals surface area contributed by atoms with E-state index in [1.807, 2.05) is 5.32 Å². The normalized spacial score (nSPS) is 20.0. The van der Waals surface area contributed by atoms with E-state index in [0.29, 0.717) is 34.5 Å². The monoisotopic (exact) mass is 431 g/mol. The van der Waals surface area contributed by atoms with Crippen molar-refractivity contribution < 1.29 is 37.1 Å². The lowest BCUT2D eigenvalue weighted by Gasteiger charge is -2.13. The highest BCUT2D eigenvalue weighted by molar-refractivity contribution is 8.22. The molecule has 2 aliphatic rings. The molecule has 3 rings (SSSR count). The molecule has 2 saturated heterocycles. The van der Waals surface area contributed by atoms with E-state index in [9.17, 15) is 37.1 Å². The maximum atomic E-state index is 12.7. The fourth-order valence-electron chi connectivity index (χ4n) is 2.25. The van der Waals surface area contributed by atoms with E-state index in [-0.39, 0.29) is 15.5 Å². The van der Waals surface area contributed by atoms with E-state index >= 15 is 0 Å². The van der Waals surface area contributed by atoms with Crippen LogP contribution in [0.3, 0.4) is 0 Å². The Morgan fingerprint density at radius 2 is 1.82 bits per heavy atom. The molecule has 13 heteroatoms. The van der Waals surface area contributed by atoms with Gasteiger partial charge in [0.05, 0.1) is 5.56 Å². The van der Waals surface area contributed by atoms with Gasteiger partial charge in [0.2, 0.25) is 5.91 Å². The number of hydrogen-bond donors (Lipinski definition) is 2. The van der Waals surface area contributed by atoms with Gasteiger partial charge in [-0.3, -0.25) is 34.2 Å². The third kappa shape index (κ3) is 4.04. The van der Waals surface area contributed by atoms with Crippen LogP contribution in [0.4, 0.5) is 28.4 Å². The van der Waals surface area contributed by atoms with Gasteiger partial charge >= 0.3 is 6.18 Å². The molecule has 1 aromatic rings. The lowest BCUT2D eigenvalue weighted by molar-refractivity contribution is -0.137. The number of alkyl halides is 3. The minimum atomic E-state index is -4.60. The summed E-state index contributed by atoms with van der Waals surface area (Å²) < 4.78 is 38.1. The molecule has 0 saturated carbocycles. The molecule has 0 unspecified atom stereocenters. The number of carbonyl (C=O) groups excluding carboxylic acids is 5. The molecule has 2 fully saturated rings. The van der Waals surface area contributed by atoms with Crippen LogP contribution in [-0.4, -0.2) is 39.6 Å². The Kier molecular flexibility index (Phi) is 5.21. The Morgan fingerprint density at radius 3 is 2.43 bits per heavy atom. The largest absolute Gasteiger partial charge is 0.416 e. The molecule has 2 heterocycles. The number of amides is 5. The Balaban J connectivity index is 1.72. The van der Waals surface area contributed by atoms with Gasteiger partial charge in [-0.25, -0.2) is 0 Å². The van der Waals surface area contributed by atoms with Crippen molar-refractivity contribution in [1.29, 1.82) is 0 Å². The second-order valence-electron chi connectivity index (χ2n) is 5.39. The predicted octanol–water partition coefficient (Wildman–Crippen LogP) is 2.53. The highest BCUT2D eigenvalue weighted by Gasteiger charge is 2.42. The fraction of sp³-hybridized carbons (Fsp3) is 0.133. The van der Waals surface area contributed by atoms with E-state index in [4.69, 9.17) is 0 Å². The van der Waals surface area contributed by atoms with Crippen LogP contribution >= 0.6 is 23.5 Å². The standard InChI is InChI=1S/C15H8F3N3O5S2/c16-15(17,18)6-2-1-3-7(4-6)19-8(22)5-21-12(24)10(28-14(21)26)9-11(23)20-13(25)27-9/h1-4H,5H2,(H,19,22)(H,20,23,25)/b10-9+. The Morgan fingerprint density at radius 1 is 1.11 bits per heavy atom. The summed E-state index contributed by atoms with van der Waals surface area (Å²) in [6, 6.07) is 3.84. The Hall–Kier alpha value is -2.80. The zero-order valence-corrected chi connectivity index (χ0v) is 15.1. The van der Waals surface area contributed by atoms with Crippen LogP contribution in [0.1, 0.15) is 5.56 Å². The molecule has 0 atom stereocenters. The molecular formula is C15H8F3N3O5S2. The molecule has 146 valence electrons. The zero-order valence-electron chi connectivity index (χ0n) is 13.5. The maximum absolute atomic E-state index is 12.7. The second kappa shape index (κ2) is 7.31. The molecule has 28 heavy (non-hydrogen) atoms. The molecule has 1 aromatic carbocycles. The number of hydrogen-bond acceptors (Lipinski definition) is 7. The van der Waals surface area contributed by atoms with Gasteiger partial charge in [0.25, 0.3) is 22.3 Å². The third-order valence-electron chi connectivity index (χ3n) is 3.45. The summed E-state index contributed by atoms with van der Waals surface area (Å²) in [7, 11) is 0. The summed E-state index contributed by atoms with van der Waals surface area (Å²) in [5.41, 5.74) is -1.14. The summed E-state index contributed by atoms with van der Waals surface area (Å²) in [5.74, 6) is -2.68. The van der Waals surface area contributed by atoms with Gasteiger partial charge in [0.15, 0.2) is 0 Å². The maximum Gasteiger partial charge on any atom is 0.416 e. The van der Waals surface area contributed by atoms with Crippen LogP contribution < -0.4 is 10.6 Å². The molecule has 2 aliphatic heterocycles. The molecule has 8 nitrogen and oxygen atoms in total. The van der Waals surface area contributed by atoms with Crippen LogP contribution in [0.15, 0.2) is 34.1 Å². The molecule has 0 aromatic heterocycles. The quantitative estimate of drug-likeness (QED) is 0.707. The van der Waals surface area contributed by atoms with Crippen LogP contribution in [0.25, 0.3) is 0 Å². The van der Waals surface area contributed by atoms with Crippen molar-refractivity contribution in [2.24, 2.45) is 0 Å². The molecular weight excluding hydrogens is 423 g/mol. The fourth-order valence-corrected chi connectivity index (χ4v) is 3.97. The number of nitrogens with zero attached hydrogens (tertiary/aromatic N) is 1. The number of carbonyl (C=O) groups is 5. The third-order valence-corrected chi connectivity index (χ3v) is 5.44. The lowest BCUT2D eigenvalue weighted by Crippen LogP contribution is -2.36. The van der Waals surface area contributed by atoms with Crippen molar-refractivity contribution in [1.82, 2.24) is 10.2 Å². The Bertz CT molecular complexity index is 960. The van der Waals surface area contributed by atoms with Gasteiger partial charge in [0, 0.05) is 5.69 Å². The average Bonchev–Trinajstić information content (AvgIpc) is 3.07. The number of anilines is 1. The highest BCUT2D eigenvalue weighted by atomic mass is 32.2. The topological polar surface area (TPSA) is 113 Å². The zero-order chi connectivity index (χ0) is 20.6. The van der Waals surface area contributed by atoms with Crippen molar-refractivity contribution in [2.45, 2.75) is 6.18 Å². The van der Waals surface area contributed by atoms with Crippen molar-refractivity contribution in [2.75, 3.05) is 11.9 Å². The van der Waals surface area contributed by atoms with Gasteiger partial charge in [-0.05, 0) is 41.7 Å². The van der Waals surface area contributed by atoms with Crippen LogP contribution in [-0.2, 0) is 20.6 Å². The smallest absolute Gasteiger partial charge is 0.325 e. The second-order valence-corrected chi connectivity index (χ2v) is 7.33. The van der Waals surface area contributed by atoms with E-state index in [1.165, 1.54) is 6.07 Å². The molecule has 0 radical (unpaired) electrons. The molecule has 0 spiro atoms. The van der Waals surface area contributed by atoms with Gasteiger partial charge in [-0.2, -0.15) is 13.2 Å². The van der Waals surface area contributed by atoms with Crippen LogP contribution in [0.5, 0.6) is 0 Å². The first-order valence-corrected chi connectivity index (χ1v) is 8.98. The van der Waals surface area contributed by atoms with Gasteiger partial charge in [-0.15, -0.1) is 0 Å². The van der Waals surface area contributed by atoms with E-state index in [0.717, 1.165) is 12.1 Å². The van der Waals surface area contributed by atoms with E-state index < -0.39 is 46.5 Å². The van der Waals surface area contributed by atoms with E-state index in [1.54, 1.807) is 0 Å². The number of nitrogens with one attached hydrogen (secondary N) is 2. The Labute approximate surface area is 162 Å². The summed E-state index contributed by atoms with van der Waals surface area (Å²) in [6.07, 6.45) is -4.60. The van der Waals surface area contributed by atoms with Crippen molar-refractivity contribution in [3.05, 3.63) is 39.6 Å². The number of thioether (sulfide) groups is 2. The van der Waals surface area contributed by atoms with Crippen molar-refractivity contribution in [3.8, 4) is 0 Å². The SMILES string of the molecule is O=C(CN1C(=O)S/C(=C2/SC(=O)NC2=O)C1=O)Nc1cccc(C(F)(F)F)c1. The summed E-state index contributed by atoms with van der Waals surface area (Å²) in [5, 5.41) is 2.57. The van der Waals surface area contributed by atoms with Crippen LogP contribution in [0, 0.1) is 0 Å². The molecule has 0 aliphatic carbocycles. The highest BCUT2D eigenvalue weighted by Crippen LogP contribution is 2.39. The first kappa shape index (κ1) is 19.9. The van der Waals surface area contributed by atoms with Crippen molar-refractivity contribution in [3.63, 3.8) is 0 Å². The number of halogens is 3. The molecule has 0 bridgehead atoms. The molecule has 5 amide bonds.